The molecule has 0 aliphatic heterocycles. The molecule has 1 aromatic heterocycles. The summed E-state index contributed by atoms with van der Waals surface area (Å²) in [7, 11) is 3.18. The number of aromatic nitrogens is 1. The van der Waals surface area contributed by atoms with Crippen molar-refractivity contribution in [1.82, 2.24) is 4.98 Å². The van der Waals surface area contributed by atoms with Crippen molar-refractivity contribution >= 4 is 47.0 Å². The van der Waals surface area contributed by atoms with Crippen molar-refractivity contribution in [3.63, 3.8) is 0 Å². The Morgan fingerprint density at radius 2 is 2.05 bits per heavy atom. The number of anilines is 1. The average molecular weight is 434 g/mol. The van der Waals surface area contributed by atoms with Crippen LogP contribution in [0, 0.1) is 6.92 Å². The van der Waals surface area contributed by atoms with Crippen LogP contribution < -0.4 is 20.5 Å². The van der Waals surface area contributed by atoms with Gasteiger partial charge in [-0.15, -0.1) is 35.3 Å². The number of aryl methyl sites for hydroxylation is 1. The normalized spacial score (nSPS) is 10.8. The molecule has 1 heterocycles. The molecule has 3 N–H and O–H groups in total. The van der Waals surface area contributed by atoms with Crippen LogP contribution in [0.1, 0.15) is 9.88 Å². The highest BCUT2D eigenvalue weighted by atomic mass is 127. The van der Waals surface area contributed by atoms with E-state index in [0.717, 1.165) is 15.6 Å². The van der Waals surface area contributed by atoms with Gasteiger partial charge in [-0.1, -0.05) is 0 Å². The van der Waals surface area contributed by atoms with Gasteiger partial charge >= 0.3 is 0 Å². The Hall–Kier alpha value is -1.55. The van der Waals surface area contributed by atoms with Crippen LogP contribution >= 0.6 is 35.3 Å². The summed E-state index contributed by atoms with van der Waals surface area (Å²) in [5.74, 6) is 1.64. The van der Waals surface area contributed by atoms with Crippen LogP contribution in [-0.2, 0) is 6.54 Å². The molecule has 0 bridgehead atoms. The molecule has 0 aliphatic carbocycles. The Balaban J connectivity index is 0.00000242. The van der Waals surface area contributed by atoms with E-state index in [1.165, 1.54) is 0 Å². The first kappa shape index (κ1) is 18.5. The van der Waals surface area contributed by atoms with Gasteiger partial charge in [0.2, 0.25) is 0 Å². The number of aliphatic imine (C=N–C) groups is 1. The highest BCUT2D eigenvalue weighted by Gasteiger charge is 2.05. The molecule has 0 aliphatic rings. The number of nitrogens with one attached hydrogen (secondary N) is 1. The van der Waals surface area contributed by atoms with Gasteiger partial charge in [0, 0.05) is 22.8 Å². The van der Waals surface area contributed by atoms with Crippen LogP contribution in [0.25, 0.3) is 0 Å². The zero-order chi connectivity index (χ0) is 15.2. The summed E-state index contributed by atoms with van der Waals surface area (Å²) in [5.41, 5.74) is 6.66. The summed E-state index contributed by atoms with van der Waals surface area (Å²) in [6, 6.07) is 5.46. The minimum absolute atomic E-state index is 0. The second-order valence-electron chi connectivity index (χ2n) is 4.24. The number of hydrogen-bond donors (Lipinski definition) is 2. The van der Waals surface area contributed by atoms with Gasteiger partial charge in [-0.25, -0.2) is 9.98 Å². The van der Waals surface area contributed by atoms with Crippen molar-refractivity contribution in [3.8, 4) is 11.5 Å². The topological polar surface area (TPSA) is 81.8 Å². The van der Waals surface area contributed by atoms with E-state index >= 15 is 0 Å². The molecule has 22 heavy (non-hydrogen) atoms. The van der Waals surface area contributed by atoms with Gasteiger partial charge in [0.15, 0.2) is 17.5 Å². The smallest absolute Gasteiger partial charge is 0.193 e. The zero-order valence-corrected chi connectivity index (χ0v) is 15.8. The molecule has 0 fully saturated rings. The van der Waals surface area contributed by atoms with Crippen molar-refractivity contribution in [2.24, 2.45) is 10.7 Å². The molecule has 2 rings (SSSR count). The Bertz CT molecular complexity index is 646. The zero-order valence-electron chi connectivity index (χ0n) is 12.6. The molecule has 0 unspecified atom stereocenters. The van der Waals surface area contributed by atoms with Gasteiger partial charge in [-0.2, -0.15) is 0 Å². The van der Waals surface area contributed by atoms with Gasteiger partial charge in [0.05, 0.1) is 25.8 Å². The summed E-state index contributed by atoms with van der Waals surface area (Å²) in [6.07, 6.45) is 1.81. The molecule has 0 spiro atoms. The molecule has 8 heteroatoms. The minimum atomic E-state index is 0. The number of methoxy groups -OCH3 is 2. The maximum atomic E-state index is 5.87. The van der Waals surface area contributed by atoms with Crippen LogP contribution in [0.3, 0.4) is 0 Å². The van der Waals surface area contributed by atoms with Crippen molar-refractivity contribution < 1.29 is 9.47 Å². The molecule has 0 saturated heterocycles. The van der Waals surface area contributed by atoms with Crippen molar-refractivity contribution in [2.45, 2.75) is 13.5 Å². The maximum Gasteiger partial charge on any atom is 0.193 e. The van der Waals surface area contributed by atoms with Gasteiger partial charge < -0.3 is 20.5 Å². The lowest BCUT2D eigenvalue weighted by Crippen LogP contribution is -2.22. The molecular weight excluding hydrogens is 415 g/mol. The molecule has 0 amide bonds. The monoisotopic (exact) mass is 434 g/mol. The summed E-state index contributed by atoms with van der Waals surface area (Å²) < 4.78 is 10.4. The number of guanidine groups is 1. The number of nitrogens with zero attached hydrogens (tertiary/aromatic N) is 2. The minimum Gasteiger partial charge on any atom is -0.493 e. The quantitative estimate of drug-likeness (QED) is 0.430. The van der Waals surface area contributed by atoms with E-state index in [1.54, 1.807) is 37.7 Å². The third-order valence-electron chi connectivity index (χ3n) is 2.73. The largest absolute Gasteiger partial charge is 0.493 e. The first-order chi connectivity index (χ1) is 10.1. The first-order valence-corrected chi connectivity index (χ1v) is 7.14. The molecule has 120 valence electrons. The first-order valence-electron chi connectivity index (χ1n) is 6.32. The van der Waals surface area contributed by atoms with Crippen LogP contribution in [0.2, 0.25) is 0 Å². The molecule has 2 aromatic rings. The fourth-order valence-electron chi connectivity index (χ4n) is 1.74. The van der Waals surface area contributed by atoms with Gasteiger partial charge in [0.25, 0.3) is 0 Å². The SMILES string of the molecule is COc1ccc(NC(N)=NCc2cnc(C)s2)cc1OC.I. The highest BCUT2D eigenvalue weighted by molar-refractivity contribution is 14.0. The van der Waals surface area contributed by atoms with Crippen molar-refractivity contribution in [3.05, 3.63) is 34.3 Å². The summed E-state index contributed by atoms with van der Waals surface area (Å²) in [6.45, 7) is 2.47. The van der Waals surface area contributed by atoms with Gasteiger partial charge in [-0.05, 0) is 19.1 Å². The number of nitrogens with two attached hydrogens (primary N) is 1. The second-order valence-corrected chi connectivity index (χ2v) is 5.56. The molecule has 6 nitrogen and oxygen atoms in total. The molecule has 1 aromatic carbocycles. The summed E-state index contributed by atoms with van der Waals surface area (Å²) >= 11 is 1.61. The van der Waals surface area contributed by atoms with E-state index in [4.69, 9.17) is 15.2 Å². The van der Waals surface area contributed by atoms with Crippen LogP contribution in [0.5, 0.6) is 11.5 Å². The van der Waals surface area contributed by atoms with E-state index in [1.807, 2.05) is 19.2 Å². The molecule has 0 radical (unpaired) electrons. The van der Waals surface area contributed by atoms with Gasteiger partial charge in [-0.3, -0.25) is 0 Å². The highest BCUT2D eigenvalue weighted by Crippen LogP contribution is 2.29. The third kappa shape index (κ3) is 5.02. The van der Waals surface area contributed by atoms with E-state index in [9.17, 15) is 0 Å². The van der Waals surface area contributed by atoms with Gasteiger partial charge in [0.1, 0.15) is 0 Å². The summed E-state index contributed by atoms with van der Waals surface area (Å²) in [5, 5.41) is 4.04. The number of benzene rings is 1. The Kier molecular flexibility index (Phi) is 7.39. The second kappa shape index (κ2) is 8.79. The van der Waals surface area contributed by atoms with Crippen molar-refractivity contribution in [1.29, 1.82) is 0 Å². The molecular formula is C14H19IN4O2S. The van der Waals surface area contributed by atoms with Crippen LogP contribution in [0.15, 0.2) is 29.4 Å². The molecule has 0 atom stereocenters. The lowest BCUT2D eigenvalue weighted by Gasteiger charge is -2.10. The van der Waals surface area contributed by atoms with E-state index in [0.29, 0.717) is 24.0 Å². The maximum absolute atomic E-state index is 5.87. The predicted octanol–water partition coefficient (Wildman–Crippen LogP) is 3.01. The van der Waals surface area contributed by atoms with E-state index in [2.05, 4.69) is 15.3 Å². The van der Waals surface area contributed by atoms with E-state index < -0.39 is 0 Å². The Morgan fingerprint density at radius 3 is 2.64 bits per heavy atom. The standard InChI is InChI=1S/C14H18N4O2S.HI/c1-9-16-7-11(21-9)8-17-14(15)18-10-4-5-12(19-2)13(6-10)20-3;/h4-7H,8H2,1-3H3,(H3,15,17,18);1H. The summed E-state index contributed by atoms with van der Waals surface area (Å²) in [4.78, 5) is 9.53. The lowest BCUT2D eigenvalue weighted by atomic mass is 10.3. The molecule has 0 saturated carbocycles. The van der Waals surface area contributed by atoms with Crippen LogP contribution in [-0.4, -0.2) is 25.2 Å². The Morgan fingerprint density at radius 1 is 1.32 bits per heavy atom. The number of halogens is 1. The van der Waals surface area contributed by atoms with E-state index in [-0.39, 0.29) is 24.0 Å². The third-order valence-corrected chi connectivity index (χ3v) is 3.63. The number of thiazole rings is 1. The number of ether oxygens (including phenoxy) is 2. The lowest BCUT2D eigenvalue weighted by molar-refractivity contribution is 0.355. The Labute approximate surface area is 150 Å². The number of hydrogen-bond acceptors (Lipinski definition) is 5. The fourth-order valence-corrected chi connectivity index (χ4v) is 2.46. The fraction of sp³-hybridized carbons (Fsp3) is 0.286. The number of rotatable bonds is 5. The van der Waals surface area contributed by atoms with Crippen molar-refractivity contribution in [2.75, 3.05) is 19.5 Å². The average Bonchev–Trinajstić information content (AvgIpc) is 2.90. The predicted molar refractivity (Wildman–Crippen MR) is 101 cm³/mol. The van der Waals surface area contributed by atoms with Crippen LogP contribution in [0.4, 0.5) is 5.69 Å².